The molecule has 4 aromatic rings. The molecule has 188 valence electrons. The average Bonchev–Trinajstić information content (AvgIpc) is 3.33. The van der Waals surface area contributed by atoms with Crippen LogP contribution in [0.5, 0.6) is 0 Å². The van der Waals surface area contributed by atoms with Gasteiger partial charge in [0, 0.05) is 11.4 Å². The average molecular weight is 501 g/mol. The number of hydrogen-bond donors (Lipinski definition) is 4. The molecule has 2 aromatic heterocycles. The number of aromatic nitrogens is 4. The van der Waals surface area contributed by atoms with Gasteiger partial charge in [-0.25, -0.2) is 19.0 Å². The third-order valence-corrected chi connectivity index (χ3v) is 5.72. The van der Waals surface area contributed by atoms with Crippen LogP contribution >= 0.6 is 0 Å². The second-order valence-corrected chi connectivity index (χ2v) is 8.21. The minimum Gasteiger partial charge on any atom is -0.478 e. The number of aromatic carboxylic acids is 1. The highest BCUT2D eigenvalue weighted by atomic mass is 17.1. The van der Waals surface area contributed by atoms with Gasteiger partial charge < -0.3 is 5.11 Å². The van der Waals surface area contributed by atoms with Gasteiger partial charge in [0.25, 0.3) is 11.1 Å². The molecule has 4 rings (SSSR count). The molecule has 4 N–H and O–H groups in total. The Morgan fingerprint density at radius 3 is 2.03 bits per heavy atom. The highest BCUT2D eigenvalue weighted by Gasteiger charge is 2.11. The molecule has 0 amide bonds. The van der Waals surface area contributed by atoms with Crippen LogP contribution in [0.1, 0.15) is 38.4 Å². The zero-order chi connectivity index (χ0) is 26.5. The molecule has 10 nitrogen and oxygen atoms in total. The Labute approximate surface area is 210 Å². The van der Waals surface area contributed by atoms with E-state index in [9.17, 15) is 14.4 Å². The fourth-order valence-electron chi connectivity index (χ4n) is 3.75. The van der Waals surface area contributed by atoms with Crippen molar-refractivity contribution in [2.24, 2.45) is 0 Å². The number of aromatic amines is 2. The minimum absolute atomic E-state index is 0.0568. The van der Waals surface area contributed by atoms with Gasteiger partial charge in [0.15, 0.2) is 0 Å². The molecule has 0 unspecified atom stereocenters. The number of hydrogen-bond acceptors (Lipinski definition) is 5. The summed E-state index contributed by atoms with van der Waals surface area (Å²) in [6, 6.07) is 13.0. The summed E-state index contributed by atoms with van der Waals surface area (Å²) in [5.74, 6) is -1.04. The summed E-state index contributed by atoms with van der Waals surface area (Å²) in [6.07, 6.45) is 6.44. The zero-order valence-electron chi connectivity index (χ0n) is 20.1. The van der Waals surface area contributed by atoms with Crippen molar-refractivity contribution < 1.29 is 20.0 Å². The smallest absolute Gasteiger partial charge is 0.335 e. The molecule has 2 aromatic carbocycles. The molecule has 0 aliphatic heterocycles. The maximum absolute atomic E-state index is 12.9. The summed E-state index contributed by atoms with van der Waals surface area (Å²) in [5.41, 5.74) is 6.66. The van der Waals surface area contributed by atoms with Gasteiger partial charge in [-0.05, 0) is 74.0 Å². The fourth-order valence-corrected chi connectivity index (χ4v) is 3.75. The van der Waals surface area contributed by atoms with Gasteiger partial charge >= 0.3 is 5.97 Å². The maximum atomic E-state index is 12.9. The summed E-state index contributed by atoms with van der Waals surface area (Å²) in [6.45, 7) is 3.60. The number of benzene rings is 2. The summed E-state index contributed by atoms with van der Waals surface area (Å²) >= 11 is 0. The lowest BCUT2D eigenvalue weighted by Gasteiger charge is -2.03. The van der Waals surface area contributed by atoms with E-state index in [1.54, 1.807) is 74.5 Å². The van der Waals surface area contributed by atoms with Gasteiger partial charge in [-0.3, -0.25) is 25.0 Å². The van der Waals surface area contributed by atoms with E-state index in [4.69, 9.17) is 10.4 Å². The number of carbonyl (C=O) groups is 1. The lowest BCUT2D eigenvalue weighted by atomic mass is 10.2. The number of aryl methyl sites for hydroxylation is 2. The topological polar surface area (TPSA) is 142 Å². The van der Waals surface area contributed by atoms with Gasteiger partial charge in [0.05, 0.1) is 28.1 Å². The number of nitrogens with one attached hydrogen (secondary N) is 2. The van der Waals surface area contributed by atoms with Crippen LogP contribution in [0.4, 0.5) is 0 Å². The Balaban J connectivity index is 1.53. The highest BCUT2D eigenvalue weighted by molar-refractivity contribution is 5.87. The number of rotatable bonds is 8. The largest absolute Gasteiger partial charge is 0.478 e. The standard InChI is InChI=1S/C27H24N4O6/c1-17-23(25(32)30(28-17)21-12-8-19(9-13-21)16-37-36)6-4-3-5-7-24-18(2)29-31(26(24)33)22-14-10-20(11-15-22)27(34)35/h3,5-15,28-29,36H,16H2,1-2H3,(H,34,35). The lowest BCUT2D eigenvalue weighted by Crippen LogP contribution is -2.16. The van der Waals surface area contributed by atoms with E-state index in [-0.39, 0.29) is 23.3 Å². The fraction of sp³-hybridized carbons (Fsp3) is 0.111. The van der Waals surface area contributed by atoms with Crippen LogP contribution in [0.3, 0.4) is 0 Å². The molecule has 10 heteroatoms. The van der Waals surface area contributed by atoms with Gasteiger partial charge in [0.1, 0.15) is 6.61 Å². The molecule has 37 heavy (non-hydrogen) atoms. The van der Waals surface area contributed by atoms with Crippen LogP contribution in [-0.2, 0) is 11.5 Å². The van der Waals surface area contributed by atoms with Gasteiger partial charge in [0.2, 0.25) is 0 Å². The lowest BCUT2D eigenvalue weighted by molar-refractivity contribution is -0.253. The molecule has 0 atom stereocenters. The van der Waals surface area contributed by atoms with E-state index < -0.39 is 5.97 Å². The molecule has 0 aliphatic rings. The van der Waals surface area contributed by atoms with E-state index in [0.717, 1.165) is 5.56 Å². The first-order valence-corrected chi connectivity index (χ1v) is 11.2. The van der Waals surface area contributed by atoms with Crippen LogP contribution in [0.25, 0.3) is 23.5 Å². The summed E-state index contributed by atoms with van der Waals surface area (Å²) in [4.78, 5) is 40.9. The van der Waals surface area contributed by atoms with E-state index in [1.807, 2.05) is 0 Å². The number of carboxylic acid groups (broad SMARTS) is 1. The van der Waals surface area contributed by atoms with E-state index in [2.05, 4.69) is 20.8 Å². The van der Waals surface area contributed by atoms with E-state index >= 15 is 0 Å². The molecule has 0 radical (unpaired) electrons. The van der Waals surface area contributed by atoms with Crippen LogP contribution in [0.15, 0.2) is 76.0 Å². The molecule has 0 aliphatic carbocycles. The SMILES string of the molecule is Cc1[nH]n(-c2ccc(COO)cc2)c(=O)c1C=C=CC=Cc1c(C)[nH]n(-c2ccc(C(=O)O)cc2)c1=O. The third kappa shape index (κ3) is 5.36. The zero-order valence-corrected chi connectivity index (χ0v) is 20.1. The number of carboxylic acids is 1. The van der Waals surface area contributed by atoms with Crippen molar-refractivity contribution in [3.63, 3.8) is 0 Å². The molecular weight excluding hydrogens is 476 g/mol. The molecule has 0 spiro atoms. The maximum Gasteiger partial charge on any atom is 0.335 e. The predicted molar refractivity (Wildman–Crippen MR) is 138 cm³/mol. The number of allylic oxidation sites excluding steroid dienone is 2. The first-order valence-electron chi connectivity index (χ1n) is 11.2. The molecule has 2 heterocycles. The first-order chi connectivity index (χ1) is 17.8. The van der Waals surface area contributed by atoms with Gasteiger partial charge in [-0.1, -0.05) is 18.2 Å². The predicted octanol–water partition coefficient (Wildman–Crippen LogP) is 3.83. The van der Waals surface area contributed by atoms with Crippen molar-refractivity contribution in [3.8, 4) is 11.4 Å². The molecular formula is C27H24N4O6. The van der Waals surface area contributed by atoms with Crippen LogP contribution < -0.4 is 11.1 Å². The van der Waals surface area contributed by atoms with Crippen molar-refractivity contribution in [1.29, 1.82) is 0 Å². The van der Waals surface area contributed by atoms with Crippen molar-refractivity contribution in [2.75, 3.05) is 0 Å². The minimum atomic E-state index is -1.04. The number of nitrogens with zero attached hydrogens (tertiary/aromatic N) is 2. The Morgan fingerprint density at radius 1 is 0.919 bits per heavy atom. The second kappa shape index (κ2) is 10.8. The first kappa shape index (κ1) is 25.2. The Morgan fingerprint density at radius 2 is 1.46 bits per heavy atom. The van der Waals surface area contributed by atoms with Gasteiger partial charge in [-0.15, -0.1) is 5.73 Å². The molecule has 0 saturated carbocycles. The third-order valence-electron chi connectivity index (χ3n) is 5.72. The Kier molecular flexibility index (Phi) is 7.36. The Hall–Kier alpha value is -4.89. The number of H-pyrrole nitrogens is 2. The van der Waals surface area contributed by atoms with Crippen molar-refractivity contribution in [1.82, 2.24) is 19.6 Å². The monoisotopic (exact) mass is 500 g/mol. The highest BCUT2D eigenvalue weighted by Crippen LogP contribution is 2.12. The van der Waals surface area contributed by atoms with E-state index in [1.165, 1.54) is 21.5 Å². The molecule has 0 fully saturated rings. The normalized spacial score (nSPS) is 11.0. The quantitative estimate of drug-likeness (QED) is 0.125. The summed E-state index contributed by atoms with van der Waals surface area (Å²) in [5, 5.41) is 23.6. The van der Waals surface area contributed by atoms with Crippen LogP contribution in [0.2, 0.25) is 0 Å². The van der Waals surface area contributed by atoms with Crippen molar-refractivity contribution in [2.45, 2.75) is 20.5 Å². The molecule has 0 bridgehead atoms. The summed E-state index contributed by atoms with van der Waals surface area (Å²) < 4.78 is 2.76. The van der Waals surface area contributed by atoms with Gasteiger partial charge in [-0.2, -0.15) is 0 Å². The van der Waals surface area contributed by atoms with E-state index in [0.29, 0.717) is 33.9 Å². The van der Waals surface area contributed by atoms with Crippen LogP contribution in [0, 0.1) is 13.8 Å². The second-order valence-electron chi connectivity index (χ2n) is 8.21. The molecule has 0 saturated heterocycles. The van der Waals surface area contributed by atoms with Crippen molar-refractivity contribution in [3.05, 3.63) is 121 Å². The van der Waals surface area contributed by atoms with Crippen LogP contribution in [-0.4, -0.2) is 35.9 Å². The summed E-state index contributed by atoms with van der Waals surface area (Å²) in [7, 11) is 0. The Bertz CT molecular complexity index is 1640. The van der Waals surface area contributed by atoms with Crippen molar-refractivity contribution >= 4 is 18.1 Å².